The van der Waals surface area contributed by atoms with E-state index in [2.05, 4.69) is 52.4 Å². The first kappa shape index (κ1) is 22.3. The van der Waals surface area contributed by atoms with Crippen LogP contribution in [0.3, 0.4) is 0 Å². The van der Waals surface area contributed by atoms with E-state index in [9.17, 15) is 0 Å². The molecule has 0 bridgehead atoms. The lowest BCUT2D eigenvalue weighted by Crippen LogP contribution is -2.49. The third-order valence-electron chi connectivity index (χ3n) is 3.16. The Morgan fingerprint density at radius 1 is 0.957 bits per heavy atom. The van der Waals surface area contributed by atoms with E-state index in [1.165, 1.54) is 0 Å². The fraction of sp³-hybridized carbons (Fsp3) is 1.00. The second-order valence-electron chi connectivity index (χ2n) is 6.65. The van der Waals surface area contributed by atoms with Gasteiger partial charge in [0.15, 0.2) is 8.32 Å². The van der Waals surface area contributed by atoms with Crippen molar-refractivity contribution < 1.29 is 24.7 Å². The molecule has 1 aliphatic rings. The van der Waals surface area contributed by atoms with E-state index in [4.69, 9.17) is 24.7 Å². The summed E-state index contributed by atoms with van der Waals surface area (Å²) >= 11 is 0. The summed E-state index contributed by atoms with van der Waals surface area (Å²) in [6.07, 6.45) is 0. The normalized spacial score (nSPS) is 28.4. The summed E-state index contributed by atoms with van der Waals surface area (Å²) in [7, 11) is -9.36. The molecule has 3 radical (unpaired) electrons. The third kappa shape index (κ3) is 9.52. The van der Waals surface area contributed by atoms with Crippen LogP contribution in [0.15, 0.2) is 0 Å². The fourth-order valence-corrected chi connectivity index (χ4v) is 25.2. The molecular weight excluding hydrogens is 413 g/mol. The number of hydrogen-bond acceptors (Lipinski definition) is 6. The summed E-state index contributed by atoms with van der Waals surface area (Å²) in [4.78, 5) is 0. The highest BCUT2D eigenvalue weighted by Gasteiger charge is 2.37. The van der Waals surface area contributed by atoms with Gasteiger partial charge >= 0.3 is 17.8 Å². The summed E-state index contributed by atoms with van der Waals surface area (Å²) in [5.74, 6) is 0. The van der Waals surface area contributed by atoms with Gasteiger partial charge in [0.25, 0.3) is 27.9 Å². The monoisotopic (exact) mass is 443 g/mol. The predicted molar refractivity (Wildman–Crippen MR) is 107 cm³/mol. The Morgan fingerprint density at radius 2 is 1.48 bits per heavy atom. The Hall–Kier alpha value is 1.28. The molecule has 13 heteroatoms. The van der Waals surface area contributed by atoms with Crippen LogP contribution in [-0.4, -0.2) is 63.8 Å². The van der Waals surface area contributed by atoms with Gasteiger partial charge in [-0.05, 0) is 64.5 Å². The minimum Gasteiger partial charge on any atom is -0.437 e. The van der Waals surface area contributed by atoms with E-state index in [1.54, 1.807) is 0 Å². The maximum Gasteiger partial charge on any atom is 0.365 e. The molecule has 1 aliphatic heterocycles. The van der Waals surface area contributed by atoms with E-state index in [-0.39, 0.29) is 0 Å². The minimum atomic E-state index is -2.00. The molecule has 1 heterocycles. The fourth-order valence-electron chi connectivity index (χ4n) is 2.53. The van der Waals surface area contributed by atoms with Gasteiger partial charge in [0, 0.05) is 0 Å². The average molecular weight is 444 g/mol. The van der Waals surface area contributed by atoms with E-state index >= 15 is 0 Å². The predicted octanol–water partition coefficient (Wildman–Crippen LogP) is 1.71. The van der Waals surface area contributed by atoms with Crippen LogP contribution in [0.2, 0.25) is 64.5 Å². The van der Waals surface area contributed by atoms with Gasteiger partial charge in [-0.3, -0.25) is 0 Å². The molecule has 2 atom stereocenters. The maximum absolute atomic E-state index is 6.42. The summed E-state index contributed by atoms with van der Waals surface area (Å²) in [5.41, 5.74) is 0. The topological polar surface area (TPSA) is 55.4 Å². The molecule has 1 fully saturated rings. The molecule has 6 nitrogen and oxygen atoms in total. The molecule has 0 saturated carbocycles. The molecule has 0 aromatic rings. The Balaban J connectivity index is 2.53. The lowest BCUT2D eigenvalue weighted by atomic mass is 10.9. The number of rotatable bonds is 7. The molecule has 0 amide bonds. The Bertz CT molecular complexity index is 347. The lowest BCUT2D eigenvalue weighted by molar-refractivity contribution is 0.291. The standard InChI is InChI=1S/C10H31O6Si7/c1-17-11-23(7,8)16-22(5,6)10-9-21-14-19(3)12-18(2)13-20(4)15-21/h18-20H,9-10H2,1-8H3. The highest BCUT2D eigenvalue weighted by atomic mass is 28.5. The average Bonchev–Trinajstić information content (AvgIpc) is 2.32. The van der Waals surface area contributed by atoms with Crippen molar-refractivity contribution in [1.82, 2.24) is 0 Å². The zero-order valence-electron chi connectivity index (χ0n) is 15.6. The van der Waals surface area contributed by atoms with Gasteiger partial charge in [0.05, 0.1) is 0 Å². The van der Waals surface area contributed by atoms with Gasteiger partial charge in [-0.2, -0.15) is 0 Å². The van der Waals surface area contributed by atoms with Crippen LogP contribution in [0.1, 0.15) is 0 Å². The molecule has 1 saturated heterocycles. The van der Waals surface area contributed by atoms with Crippen LogP contribution in [0.4, 0.5) is 0 Å². The SMILES string of the molecule is C[Si]O[Si](C)(C)O[Si](C)(C)CC[Si]1O[SiH](C)O[SiH](C)O[SiH](C)O1. The lowest BCUT2D eigenvalue weighted by Gasteiger charge is -2.35. The summed E-state index contributed by atoms with van der Waals surface area (Å²) < 4.78 is 36.4. The van der Waals surface area contributed by atoms with Crippen molar-refractivity contribution in [3.05, 3.63) is 0 Å². The van der Waals surface area contributed by atoms with Crippen LogP contribution < -0.4 is 0 Å². The second-order valence-corrected chi connectivity index (χ2v) is 24.2. The van der Waals surface area contributed by atoms with Crippen molar-refractivity contribution >= 4 is 63.8 Å². The first-order chi connectivity index (χ1) is 10.5. The van der Waals surface area contributed by atoms with Gasteiger partial charge in [0.2, 0.25) is 9.76 Å². The molecule has 0 aliphatic carbocycles. The minimum absolute atomic E-state index is 0.489. The molecular formula is C10H31O6Si7. The number of hydrogen-bond donors (Lipinski definition) is 0. The van der Waals surface area contributed by atoms with Crippen molar-refractivity contribution in [2.24, 2.45) is 0 Å². The van der Waals surface area contributed by atoms with Crippen LogP contribution in [0.25, 0.3) is 0 Å². The Morgan fingerprint density at radius 3 is 1.96 bits per heavy atom. The van der Waals surface area contributed by atoms with Crippen molar-refractivity contribution in [1.29, 1.82) is 0 Å². The highest BCUT2D eigenvalue weighted by molar-refractivity contribution is 6.84. The molecule has 135 valence electrons. The largest absolute Gasteiger partial charge is 0.437 e. The smallest absolute Gasteiger partial charge is 0.365 e. The van der Waals surface area contributed by atoms with Gasteiger partial charge in [-0.25, -0.2) is 0 Å². The zero-order chi connectivity index (χ0) is 17.7. The molecule has 0 N–H and O–H groups in total. The van der Waals surface area contributed by atoms with E-state index in [1.807, 2.05) is 0 Å². The molecule has 2 unspecified atom stereocenters. The summed E-state index contributed by atoms with van der Waals surface area (Å²) in [6, 6.07) is 1.98. The van der Waals surface area contributed by atoms with Gasteiger partial charge < -0.3 is 24.7 Å². The Kier molecular flexibility index (Phi) is 9.54. The van der Waals surface area contributed by atoms with Crippen LogP contribution in [0, 0.1) is 0 Å². The quantitative estimate of drug-likeness (QED) is 0.558. The first-order valence-electron chi connectivity index (χ1n) is 8.08. The molecule has 0 aromatic heterocycles. The second kappa shape index (κ2) is 9.83. The van der Waals surface area contributed by atoms with E-state index in [0.717, 1.165) is 12.1 Å². The van der Waals surface area contributed by atoms with E-state index in [0.29, 0.717) is 9.76 Å². The molecule has 1 rings (SSSR count). The molecule has 0 aromatic carbocycles. The third-order valence-corrected chi connectivity index (χ3v) is 23.6. The van der Waals surface area contributed by atoms with Crippen molar-refractivity contribution in [3.63, 3.8) is 0 Å². The van der Waals surface area contributed by atoms with Gasteiger partial charge in [-0.1, -0.05) is 0 Å². The van der Waals surface area contributed by atoms with Crippen LogP contribution in [0.5, 0.6) is 0 Å². The van der Waals surface area contributed by atoms with Gasteiger partial charge in [-0.15, -0.1) is 0 Å². The van der Waals surface area contributed by atoms with Crippen molar-refractivity contribution in [3.8, 4) is 0 Å². The first-order valence-corrected chi connectivity index (χ1v) is 23.2. The molecule has 23 heavy (non-hydrogen) atoms. The van der Waals surface area contributed by atoms with Crippen molar-refractivity contribution in [2.45, 2.75) is 64.5 Å². The summed E-state index contributed by atoms with van der Waals surface area (Å²) in [5, 5.41) is 0. The maximum atomic E-state index is 6.42. The molecule has 0 spiro atoms. The van der Waals surface area contributed by atoms with Crippen LogP contribution >= 0.6 is 0 Å². The highest BCUT2D eigenvalue weighted by Crippen LogP contribution is 2.23. The summed E-state index contributed by atoms with van der Waals surface area (Å²) in [6.45, 7) is 17.0. The van der Waals surface area contributed by atoms with Crippen LogP contribution in [-0.2, 0) is 24.7 Å². The van der Waals surface area contributed by atoms with Gasteiger partial charge in [0.1, 0.15) is 0 Å². The van der Waals surface area contributed by atoms with Crippen molar-refractivity contribution in [2.75, 3.05) is 0 Å². The zero-order valence-corrected chi connectivity index (χ0v) is 23.1. The van der Waals surface area contributed by atoms with E-state index < -0.39 is 54.0 Å². The Labute approximate surface area is 152 Å².